The van der Waals surface area contributed by atoms with E-state index in [4.69, 9.17) is 9.84 Å². The second-order valence-electron chi connectivity index (χ2n) is 5.35. The maximum Gasteiger partial charge on any atom is 0.328 e. The van der Waals surface area contributed by atoms with Crippen LogP contribution in [-0.2, 0) is 14.3 Å². The van der Waals surface area contributed by atoms with Crippen LogP contribution in [0.3, 0.4) is 0 Å². The van der Waals surface area contributed by atoms with Gasteiger partial charge in [0.1, 0.15) is 12.6 Å². The molecular formula is C12H19N3O5. The number of carbonyl (C=O) groups is 3. The Bertz CT molecular complexity index is 419. The van der Waals surface area contributed by atoms with Crippen LogP contribution in [0, 0.1) is 0 Å². The van der Waals surface area contributed by atoms with Gasteiger partial charge in [0, 0.05) is 19.7 Å². The quantitative estimate of drug-likeness (QED) is 0.626. The van der Waals surface area contributed by atoms with Crippen LogP contribution in [-0.4, -0.2) is 65.8 Å². The minimum Gasteiger partial charge on any atom is -0.480 e. The number of rotatable bonds is 3. The van der Waals surface area contributed by atoms with Crippen molar-refractivity contribution in [2.75, 3.05) is 26.2 Å². The van der Waals surface area contributed by atoms with E-state index < -0.39 is 23.6 Å². The molecule has 2 fully saturated rings. The Morgan fingerprint density at radius 1 is 1.60 bits per heavy atom. The average molecular weight is 285 g/mol. The first-order valence-corrected chi connectivity index (χ1v) is 6.59. The van der Waals surface area contributed by atoms with Crippen LogP contribution in [0.4, 0.5) is 4.79 Å². The minimum atomic E-state index is -1.14. The number of carboxylic acid groups (broad SMARTS) is 1. The van der Waals surface area contributed by atoms with E-state index >= 15 is 0 Å². The van der Waals surface area contributed by atoms with Gasteiger partial charge in [0.05, 0.1) is 5.60 Å². The van der Waals surface area contributed by atoms with Gasteiger partial charge in [-0.25, -0.2) is 9.59 Å². The van der Waals surface area contributed by atoms with Crippen molar-refractivity contribution >= 4 is 17.9 Å². The Morgan fingerprint density at radius 2 is 2.35 bits per heavy atom. The summed E-state index contributed by atoms with van der Waals surface area (Å²) in [7, 11) is 0. The highest BCUT2D eigenvalue weighted by atomic mass is 16.5. The van der Waals surface area contributed by atoms with Gasteiger partial charge in [-0.1, -0.05) is 0 Å². The molecule has 0 aromatic rings. The summed E-state index contributed by atoms with van der Waals surface area (Å²) in [6.07, 6.45) is 1.78. The van der Waals surface area contributed by atoms with Crippen LogP contribution >= 0.6 is 0 Å². The minimum absolute atomic E-state index is 0.0741. The van der Waals surface area contributed by atoms with Crippen molar-refractivity contribution in [2.45, 2.75) is 31.4 Å². The number of ether oxygens (including phenoxy) is 1. The molecule has 0 saturated carbocycles. The molecular weight excluding hydrogens is 266 g/mol. The van der Waals surface area contributed by atoms with Gasteiger partial charge in [-0.15, -0.1) is 0 Å². The number of nitrogens with zero attached hydrogens (tertiary/aromatic N) is 1. The van der Waals surface area contributed by atoms with Gasteiger partial charge >= 0.3 is 12.0 Å². The van der Waals surface area contributed by atoms with Crippen molar-refractivity contribution in [3.63, 3.8) is 0 Å². The highest BCUT2D eigenvalue weighted by molar-refractivity contribution is 5.90. The molecule has 8 nitrogen and oxygen atoms in total. The molecule has 0 radical (unpaired) electrons. The van der Waals surface area contributed by atoms with Crippen molar-refractivity contribution in [1.82, 2.24) is 15.5 Å². The van der Waals surface area contributed by atoms with Crippen molar-refractivity contribution < 1.29 is 24.2 Å². The summed E-state index contributed by atoms with van der Waals surface area (Å²) in [5.41, 5.74) is -0.410. The first-order chi connectivity index (χ1) is 9.41. The second kappa shape index (κ2) is 5.66. The smallest absolute Gasteiger partial charge is 0.328 e. The highest BCUT2D eigenvalue weighted by Crippen LogP contribution is 2.24. The monoisotopic (exact) mass is 285 g/mol. The molecule has 112 valence electrons. The predicted molar refractivity (Wildman–Crippen MR) is 68.1 cm³/mol. The fourth-order valence-electron chi connectivity index (χ4n) is 2.42. The number of hydrogen-bond donors (Lipinski definition) is 3. The Hall–Kier alpha value is -1.83. The van der Waals surface area contributed by atoms with E-state index in [-0.39, 0.29) is 19.0 Å². The molecule has 2 unspecified atom stereocenters. The number of piperazine rings is 1. The van der Waals surface area contributed by atoms with Gasteiger partial charge in [-0.3, -0.25) is 9.69 Å². The number of amides is 3. The van der Waals surface area contributed by atoms with Crippen LogP contribution in [0.5, 0.6) is 0 Å². The van der Waals surface area contributed by atoms with Crippen LogP contribution < -0.4 is 10.6 Å². The summed E-state index contributed by atoms with van der Waals surface area (Å²) >= 11 is 0. The summed E-state index contributed by atoms with van der Waals surface area (Å²) in [5.74, 6) is -1.50. The zero-order valence-electron chi connectivity index (χ0n) is 11.3. The second-order valence-corrected chi connectivity index (χ2v) is 5.35. The molecule has 2 heterocycles. The van der Waals surface area contributed by atoms with E-state index in [0.29, 0.717) is 13.2 Å². The SMILES string of the molecule is CC1(CNC(=O)N2CC(=O)NCC2C(=O)O)CCCO1. The molecule has 3 N–H and O–H groups in total. The lowest BCUT2D eigenvalue weighted by molar-refractivity contribution is -0.144. The predicted octanol–water partition coefficient (Wildman–Crippen LogP) is -0.850. The third kappa shape index (κ3) is 3.19. The summed E-state index contributed by atoms with van der Waals surface area (Å²) in [4.78, 5) is 35.5. The standard InChI is InChI=1S/C12H19N3O5/c1-12(3-2-4-20-12)7-14-11(19)15-6-9(16)13-5-8(15)10(17)18/h8H,2-7H2,1H3,(H,13,16)(H,14,19)(H,17,18). The van der Waals surface area contributed by atoms with E-state index in [9.17, 15) is 14.4 Å². The summed E-state index contributed by atoms with van der Waals surface area (Å²) < 4.78 is 5.54. The maximum absolute atomic E-state index is 12.1. The van der Waals surface area contributed by atoms with Gasteiger partial charge < -0.3 is 20.5 Å². The van der Waals surface area contributed by atoms with Crippen molar-refractivity contribution in [3.8, 4) is 0 Å². The molecule has 3 amide bonds. The van der Waals surface area contributed by atoms with Crippen molar-refractivity contribution in [2.24, 2.45) is 0 Å². The number of aliphatic carboxylic acids is 1. The van der Waals surface area contributed by atoms with E-state index in [1.807, 2.05) is 6.92 Å². The Labute approximate surface area is 116 Å². The molecule has 0 aromatic carbocycles. The number of nitrogens with one attached hydrogen (secondary N) is 2. The molecule has 0 aromatic heterocycles. The Morgan fingerprint density at radius 3 is 2.95 bits per heavy atom. The zero-order valence-corrected chi connectivity index (χ0v) is 11.3. The number of hydrogen-bond acceptors (Lipinski definition) is 4. The summed E-state index contributed by atoms with van der Waals surface area (Å²) in [6.45, 7) is 2.54. The number of urea groups is 1. The number of carboxylic acids is 1. The molecule has 8 heteroatoms. The molecule has 20 heavy (non-hydrogen) atoms. The van der Waals surface area contributed by atoms with Crippen LogP contribution in [0.15, 0.2) is 0 Å². The zero-order chi connectivity index (χ0) is 14.8. The molecule has 2 rings (SSSR count). The largest absolute Gasteiger partial charge is 0.480 e. The van der Waals surface area contributed by atoms with Crippen molar-refractivity contribution in [3.05, 3.63) is 0 Å². The van der Waals surface area contributed by atoms with Crippen LogP contribution in [0.1, 0.15) is 19.8 Å². The first kappa shape index (κ1) is 14.6. The van der Waals surface area contributed by atoms with Gasteiger partial charge in [0.25, 0.3) is 0 Å². The van der Waals surface area contributed by atoms with E-state index in [1.165, 1.54) is 0 Å². The lowest BCUT2D eigenvalue weighted by Crippen LogP contribution is -2.62. The van der Waals surface area contributed by atoms with Gasteiger partial charge in [-0.05, 0) is 19.8 Å². The summed E-state index contributed by atoms with van der Waals surface area (Å²) in [5, 5.41) is 14.2. The fourth-order valence-corrected chi connectivity index (χ4v) is 2.42. The van der Waals surface area contributed by atoms with E-state index in [2.05, 4.69) is 10.6 Å². The Kier molecular flexibility index (Phi) is 4.12. The fraction of sp³-hybridized carbons (Fsp3) is 0.750. The third-order valence-electron chi connectivity index (χ3n) is 3.64. The molecule has 2 aliphatic rings. The van der Waals surface area contributed by atoms with E-state index in [0.717, 1.165) is 17.7 Å². The molecule has 0 spiro atoms. The molecule has 0 bridgehead atoms. The third-order valence-corrected chi connectivity index (χ3v) is 3.64. The topological polar surface area (TPSA) is 108 Å². The van der Waals surface area contributed by atoms with Gasteiger partial charge in [0.2, 0.25) is 5.91 Å². The van der Waals surface area contributed by atoms with E-state index in [1.54, 1.807) is 0 Å². The van der Waals surface area contributed by atoms with Crippen molar-refractivity contribution in [1.29, 1.82) is 0 Å². The lowest BCUT2D eigenvalue weighted by atomic mass is 10.0. The van der Waals surface area contributed by atoms with Crippen LogP contribution in [0.2, 0.25) is 0 Å². The van der Waals surface area contributed by atoms with Gasteiger partial charge in [0.15, 0.2) is 0 Å². The molecule has 2 aliphatic heterocycles. The first-order valence-electron chi connectivity index (χ1n) is 6.59. The van der Waals surface area contributed by atoms with Crippen LogP contribution in [0.25, 0.3) is 0 Å². The Balaban J connectivity index is 1.95. The van der Waals surface area contributed by atoms with Gasteiger partial charge in [-0.2, -0.15) is 0 Å². The molecule has 2 atom stereocenters. The maximum atomic E-state index is 12.1. The molecule has 2 saturated heterocycles. The molecule has 0 aliphatic carbocycles. The average Bonchev–Trinajstić information content (AvgIpc) is 2.83. The lowest BCUT2D eigenvalue weighted by Gasteiger charge is -2.33. The summed E-state index contributed by atoms with van der Waals surface area (Å²) in [6, 6.07) is -1.59. The normalized spacial score (nSPS) is 29.9. The number of carbonyl (C=O) groups excluding carboxylic acids is 2. The highest BCUT2D eigenvalue weighted by Gasteiger charge is 2.36.